The largest absolute Gasteiger partial charge is 0.492 e. The lowest BCUT2D eigenvalue weighted by Gasteiger charge is -2.35. The van der Waals surface area contributed by atoms with E-state index in [0.717, 1.165) is 24.2 Å². The lowest BCUT2D eigenvalue weighted by atomic mass is 9.73. The van der Waals surface area contributed by atoms with Crippen LogP contribution in [0, 0.1) is 5.41 Å². The van der Waals surface area contributed by atoms with Crippen LogP contribution in [0.4, 0.5) is 0 Å². The van der Waals surface area contributed by atoms with Crippen LogP contribution in [0.5, 0.6) is 5.75 Å². The molecule has 2 fully saturated rings. The van der Waals surface area contributed by atoms with Crippen molar-refractivity contribution in [3.63, 3.8) is 0 Å². The molecule has 2 aliphatic heterocycles. The molecule has 1 saturated carbocycles. The monoisotopic (exact) mass is 386 g/mol. The fraction of sp³-hybridized carbons (Fsp3) is 0.636. The molecule has 0 spiro atoms. The zero-order valence-corrected chi connectivity index (χ0v) is 16.4. The zero-order chi connectivity index (χ0) is 19.6. The van der Waals surface area contributed by atoms with Crippen molar-refractivity contribution < 1.29 is 19.4 Å². The van der Waals surface area contributed by atoms with Gasteiger partial charge in [0.1, 0.15) is 17.8 Å². The van der Waals surface area contributed by atoms with Crippen LogP contribution < -0.4 is 10.1 Å². The third-order valence-corrected chi connectivity index (χ3v) is 6.69. The van der Waals surface area contributed by atoms with E-state index in [0.29, 0.717) is 32.1 Å². The number of carbonyl (C=O) groups excluding carboxylic acids is 1. The van der Waals surface area contributed by atoms with Crippen LogP contribution >= 0.6 is 0 Å². The molecule has 2 N–H and O–H groups in total. The van der Waals surface area contributed by atoms with Gasteiger partial charge in [0.2, 0.25) is 5.91 Å². The summed E-state index contributed by atoms with van der Waals surface area (Å²) in [4.78, 5) is 26.7. The SMILES string of the molecule is O=C(CCN1C[C@@H]2c3ccccc3OC[C@]2(C(=O)O)C1)NC1CCCCCC1. The molecular weight excluding hydrogens is 356 g/mol. The number of likely N-dealkylation sites (tertiary alicyclic amines) is 1. The third-order valence-electron chi connectivity index (χ3n) is 6.69. The summed E-state index contributed by atoms with van der Waals surface area (Å²) in [6.45, 7) is 1.86. The Balaban J connectivity index is 1.38. The van der Waals surface area contributed by atoms with Crippen molar-refractivity contribution in [2.75, 3.05) is 26.2 Å². The molecule has 1 aromatic carbocycles. The smallest absolute Gasteiger partial charge is 0.315 e. The van der Waals surface area contributed by atoms with E-state index < -0.39 is 11.4 Å². The number of nitrogens with one attached hydrogen (secondary N) is 1. The molecule has 1 aromatic rings. The molecule has 2 atom stereocenters. The van der Waals surface area contributed by atoms with Gasteiger partial charge in [0.15, 0.2) is 0 Å². The van der Waals surface area contributed by atoms with Crippen molar-refractivity contribution in [3.8, 4) is 5.75 Å². The molecule has 3 aliphatic rings. The number of benzene rings is 1. The minimum absolute atomic E-state index is 0.0859. The van der Waals surface area contributed by atoms with E-state index >= 15 is 0 Å². The molecule has 152 valence electrons. The van der Waals surface area contributed by atoms with Crippen LogP contribution in [0.15, 0.2) is 24.3 Å². The third kappa shape index (κ3) is 3.75. The van der Waals surface area contributed by atoms with E-state index in [1.54, 1.807) is 0 Å². The predicted octanol–water partition coefficient (Wildman–Crippen LogP) is 2.78. The summed E-state index contributed by atoms with van der Waals surface area (Å²) in [5.41, 5.74) is 0.0492. The number of hydrogen-bond donors (Lipinski definition) is 2. The van der Waals surface area contributed by atoms with Crippen LogP contribution in [0.1, 0.15) is 56.4 Å². The highest BCUT2D eigenvalue weighted by molar-refractivity contribution is 5.79. The Kier molecular flexibility index (Phi) is 5.58. The molecule has 1 saturated heterocycles. The molecule has 4 rings (SSSR count). The van der Waals surface area contributed by atoms with Gasteiger partial charge in [-0.25, -0.2) is 0 Å². The Hall–Kier alpha value is -2.08. The standard InChI is InChI=1S/C22H30N2O4/c25-20(23-16-7-3-1-2-4-8-16)11-12-24-13-18-17-9-5-6-10-19(17)28-15-22(18,14-24)21(26)27/h5-6,9-10,16,18H,1-4,7-8,11-15H2,(H,23,25)(H,26,27)/t18-,22-/m1/s1. The van der Waals surface area contributed by atoms with E-state index in [1.165, 1.54) is 25.7 Å². The molecule has 1 amide bonds. The predicted molar refractivity (Wildman–Crippen MR) is 105 cm³/mol. The first-order chi connectivity index (χ1) is 13.6. The maximum absolute atomic E-state index is 12.4. The van der Waals surface area contributed by atoms with Gasteiger partial charge >= 0.3 is 5.97 Å². The van der Waals surface area contributed by atoms with Gasteiger partial charge in [-0.15, -0.1) is 0 Å². The molecule has 1 aliphatic carbocycles. The Morgan fingerprint density at radius 1 is 1.18 bits per heavy atom. The first kappa shape index (κ1) is 19.2. The number of aliphatic carboxylic acids is 1. The molecule has 6 nitrogen and oxygen atoms in total. The van der Waals surface area contributed by atoms with Gasteiger partial charge in [0, 0.05) is 38.0 Å². The highest BCUT2D eigenvalue weighted by atomic mass is 16.5. The number of hydrogen-bond acceptors (Lipinski definition) is 4. The van der Waals surface area contributed by atoms with E-state index in [9.17, 15) is 14.7 Å². The molecule has 28 heavy (non-hydrogen) atoms. The second-order valence-electron chi connectivity index (χ2n) is 8.58. The van der Waals surface area contributed by atoms with E-state index in [4.69, 9.17) is 4.74 Å². The lowest BCUT2D eigenvalue weighted by molar-refractivity contribution is -0.151. The van der Waals surface area contributed by atoms with Crippen LogP contribution in [0.3, 0.4) is 0 Å². The highest BCUT2D eigenvalue weighted by Crippen LogP contribution is 2.49. The van der Waals surface area contributed by atoms with Gasteiger partial charge in [-0.1, -0.05) is 43.9 Å². The van der Waals surface area contributed by atoms with Crippen LogP contribution in [-0.4, -0.2) is 54.2 Å². The fourth-order valence-electron chi connectivity index (χ4n) is 5.09. The number of ether oxygens (including phenoxy) is 1. The number of nitrogens with zero attached hydrogens (tertiary/aromatic N) is 1. The van der Waals surface area contributed by atoms with Gasteiger partial charge in [-0.3, -0.25) is 9.59 Å². The number of carbonyl (C=O) groups is 2. The van der Waals surface area contributed by atoms with Gasteiger partial charge in [-0.05, 0) is 24.5 Å². The summed E-state index contributed by atoms with van der Waals surface area (Å²) in [7, 11) is 0. The van der Waals surface area contributed by atoms with Crippen molar-refractivity contribution in [1.82, 2.24) is 10.2 Å². The van der Waals surface area contributed by atoms with Crippen molar-refractivity contribution in [2.24, 2.45) is 5.41 Å². The molecular formula is C22H30N2O4. The average Bonchev–Trinajstić information content (AvgIpc) is 2.91. The van der Waals surface area contributed by atoms with Gasteiger partial charge in [0.25, 0.3) is 0 Å². The van der Waals surface area contributed by atoms with Crippen molar-refractivity contribution in [2.45, 2.75) is 56.9 Å². The Bertz CT molecular complexity index is 729. The molecule has 6 heteroatoms. The molecule has 0 bridgehead atoms. The number of carboxylic acid groups (broad SMARTS) is 1. The number of carboxylic acids is 1. The van der Waals surface area contributed by atoms with Crippen molar-refractivity contribution >= 4 is 11.9 Å². The van der Waals surface area contributed by atoms with E-state index in [-0.39, 0.29) is 18.4 Å². The number of fused-ring (bicyclic) bond motifs is 3. The van der Waals surface area contributed by atoms with Crippen LogP contribution in [0.2, 0.25) is 0 Å². The second-order valence-corrected chi connectivity index (χ2v) is 8.58. The molecule has 2 heterocycles. The second kappa shape index (κ2) is 8.11. The topological polar surface area (TPSA) is 78.9 Å². The normalized spacial score (nSPS) is 27.9. The van der Waals surface area contributed by atoms with Crippen LogP contribution in [-0.2, 0) is 9.59 Å². The molecule has 0 radical (unpaired) electrons. The molecule has 0 aromatic heterocycles. The Morgan fingerprint density at radius 2 is 1.93 bits per heavy atom. The summed E-state index contributed by atoms with van der Waals surface area (Å²) < 4.78 is 5.80. The first-order valence-corrected chi connectivity index (χ1v) is 10.6. The number of para-hydroxylation sites is 1. The van der Waals surface area contributed by atoms with Crippen molar-refractivity contribution in [3.05, 3.63) is 29.8 Å². The summed E-state index contributed by atoms with van der Waals surface area (Å²) in [6, 6.07) is 8.03. The van der Waals surface area contributed by atoms with E-state index in [1.807, 2.05) is 24.3 Å². The fourth-order valence-corrected chi connectivity index (χ4v) is 5.09. The Morgan fingerprint density at radius 3 is 2.68 bits per heavy atom. The highest BCUT2D eigenvalue weighted by Gasteiger charge is 2.56. The maximum Gasteiger partial charge on any atom is 0.315 e. The number of rotatable bonds is 5. The van der Waals surface area contributed by atoms with Gasteiger partial charge in [-0.2, -0.15) is 0 Å². The van der Waals surface area contributed by atoms with Crippen molar-refractivity contribution in [1.29, 1.82) is 0 Å². The lowest BCUT2D eigenvalue weighted by Crippen LogP contribution is -2.45. The van der Waals surface area contributed by atoms with Gasteiger partial charge < -0.3 is 20.1 Å². The van der Waals surface area contributed by atoms with Crippen LogP contribution in [0.25, 0.3) is 0 Å². The summed E-state index contributed by atoms with van der Waals surface area (Å²) in [6.07, 6.45) is 7.49. The maximum atomic E-state index is 12.4. The van der Waals surface area contributed by atoms with E-state index in [2.05, 4.69) is 10.2 Å². The summed E-state index contributed by atoms with van der Waals surface area (Å²) in [5, 5.41) is 13.2. The first-order valence-electron chi connectivity index (χ1n) is 10.6. The Labute approximate surface area is 166 Å². The minimum Gasteiger partial charge on any atom is -0.492 e. The minimum atomic E-state index is -0.924. The number of amides is 1. The zero-order valence-electron chi connectivity index (χ0n) is 16.4. The summed E-state index contributed by atoms with van der Waals surface area (Å²) in [5.74, 6) is -0.0302. The van der Waals surface area contributed by atoms with Gasteiger partial charge in [0.05, 0.1) is 0 Å². The molecule has 0 unspecified atom stereocenters. The summed E-state index contributed by atoms with van der Waals surface area (Å²) >= 11 is 0. The average molecular weight is 386 g/mol. The quantitative estimate of drug-likeness (QED) is 0.761.